The molecule has 0 unspecified atom stereocenters. The number of nitrogens with zero attached hydrogens (tertiary/aromatic N) is 1. The highest BCUT2D eigenvalue weighted by atomic mass is 35.5. The van der Waals surface area contributed by atoms with Crippen LogP contribution in [0.5, 0.6) is 0 Å². The van der Waals surface area contributed by atoms with Crippen LogP contribution in [-0.2, 0) is 0 Å². The second kappa shape index (κ2) is 4.96. The monoisotopic (exact) mass is 179 g/mol. The second-order valence-corrected chi connectivity index (χ2v) is 3.38. The van der Waals surface area contributed by atoms with Crippen molar-refractivity contribution in [3.8, 4) is 0 Å². The van der Waals surface area contributed by atoms with Crippen molar-refractivity contribution in [1.29, 1.82) is 0 Å². The molecule has 0 aromatic carbocycles. The van der Waals surface area contributed by atoms with E-state index in [2.05, 4.69) is 11.9 Å². The molecule has 1 fully saturated rings. The molecular weight excluding hydrogens is 162 g/mol. The number of aliphatic hydroxyl groups excluding tert-OH is 1. The van der Waals surface area contributed by atoms with Gasteiger partial charge in [0.1, 0.15) is 0 Å². The van der Waals surface area contributed by atoms with E-state index < -0.39 is 0 Å². The van der Waals surface area contributed by atoms with Crippen molar-refractivity contribution in [3.63, 3.8) is 0 Å². The fourth-order valence-corrected chi connectivity index (χ4v) is 1.51. The van der Waals surface area contributed by atoms with Gasteiger partial charge >= 0.3 is 0 Å². The topological polar surface area (TPSA) is 23.5 Å². The summed E-state index contributed by atoms with van der Waals surface area (Å²) in [6.07, 6.45) is 2.22. The first-order valence-corrected chi connectivity index (χ1v) is 4.07. The maximum Gasteiger partial charge on any atom is 0.0541 e. The van der Waals surface area contributed by atoms with Crippen molar-refractivity contribution in [1.82, 2.24) is 4.90 Å². The summed E-state index contributed by atoms with van der Waals surface area (Å²) >= 11 is 0. The van der Waals surface area contributed by atoms with E-state index in [0.717, 1.165) is 25.9 Å². The smallest absolute Gasteiger partial charge is 0.0541 e. The van der Waals surface area contributed by atoms with Crippen LogP contribution in [-0.4, -0.2) is 36.2 Å². The fourth-order valence-electron chi connectivity index (χ4n) is 1.51. The van der Waals surface area contributed by atoms with Gasteiger partial charge < -0.3 is 10.0 Å². The summed E-state index contributed by atoms with van der Waals surface area (Å²) in [7, 11) is 2.14. The zero-order valence-corrected chi connectivity index (χ0v) is 8.10. The van der Waals surface area contributed by atoms with Crippen molar-refractivity contribution in [3.05, 3.63) is 0 Å². The zero-order valence-electron chi connectivity index (χ0n) is 7.29. The van der Waals surface area contributed by atoms with Gasteiger partial charge in [0.2, 0.25) is 0 Å². The Morgan fingerprint density at radius 2 is 1.82 bits per heavy atom. The molecule has 0 spiro atoms. The van der Waals surface area contributed by atoms with E-state index in [1.54, 1.807) is 0 Å². The van der Waals surface area contributed by atoms with Gasteiger partial charge in [-0.2, -0.15) is 0 Å². The van der Waals surface area contributed by atoms with Gasteiger partial charge in [-0.1, -0.05) is 0 Å². The SMILES string of the molecule is C[C@@H](O)C1CCN(C)CC1.Cl. The summed E-state index contributed by atoms with van der Waals surface area (Å²) in [5, 5.41) is 9.24. The number of hydrogen-bond acceptors (Lipinski definition) is 2. The van der Waals surface area contributed by atoms with E-state index in [0.29, 0.717) is 5.92 Å². The summed E-state index contributed by atoms with van der Waals surface area (Å²) in [5.41, 5.74) is 0. The van der Waals surface area contributed by atoms with Crippen LogP contribution in [0.25, 0.3) is 0 Å². The molecule has 0 aromatic rings. The lowest BCUT2D eigenvalue weighted by Gasteiger charge is -2.30. The Kier molecular flexibility index (Phi) is 5.06. The number of rotatable bonds is 1. The molecule has 1 aliphatic rings. The molecule has 2 nitrogen and oxygen atoms in total. The first kappa shape index (κ1) is 11.2. The maximum absolute atomic E-state index is 9.24. The zero-order chi connectivity index (χ0) is 7.56. The lowest BCUT2D eigenvalue weighted by molar-refractivity contribution is 0.0798. The Hall–Kier alpha value is 0.210. The molecular formula is C8H18ClNO. The van der Waals surface area contributed by atoms with Gasteiger partial charge in [-0.3, -0.25) is 0 Å². The molecule has 0 saturated carbocycles. The number of piperidine rings is 1. The van der Waals surface area contributed by atoms with Crippen molar-refractivity contribution < 1.29 is 5.11 Å². The lowest BCUT2D eigenvalue weighted by Crippen LogP contribution is -2.34. The standard InChI is InChI=1S/C8H17NO.ClH/c1-7(10)8-3-5-9(2)6-4-8;/h7-8,10H,3-6H2,1-2H3;1H/t7-;/m1./s1. The quantitative estimate of drug-likeness (QED) is 0.653. The molecule has 0 bridgehead atoms. The number of likely N-dealkylation sites (tertiary alicyclic amines) is 1. The van der Waals surface area contributed by atoms with Crippen LogP contribution in [0.2, 0.25) is 0 Å². The van der Waals surface area contributed by atoms with Crippen LogP contribution < -0.4 is 0 Å². The molecule has 1 rings (SSSR count). The van der Waals surface area contributed by atoms with Gasteiger partial charge in [-0.15, -0.1) is 12.4 Å². The van der Waals surface area contributed by atoms with Crippen LogP contribution in [0, 0.1) is 5.92 Å². The predicted molar refractivity (Wildman–Crippen MR) is 49.1 cm³/mol. The summed E-state index contributed by atoms with van der Waals surface area (Å²) in [6.45, 7) is 4.20. The molecule has 0 amide bonds. The molecule has 0 radical (unpaired) electrons. The van der Waals surface area contributed by atoms with Gasteiger partial charge in [0.25, 0.3) is 0 Å². The van der Waals surface area contributed by atoms with Crippen molar-refractivity contribution in [2.75, 3.05) is 20.1 Å². The van der Waals surface area contributed by atoms with Crippen LogP contribution in [0.15, 0.2) is 0 Å². The van der Waals surface area contributed by atoms with Crippen molar-refractivity contribution >= 4 is 12.4 Å². The van der Waals surface area contributed by atoms with Crippen LogP contribution >= 0.6 is 12.4 Å². The van der Waals surface area contributed by atoms with Gasteiger partial charge in [0, 0.05) is 0 Å². The Morgan fingerprint density at radius 1 is 1.36 bits per heavy atom. The van der Waals surface area contributed by atoms with Crippen LogP contribution in [0.1, 0.15) is 19.8 Å². The molecule has 0 aliphatic carbocycles. The van der Waals surface area contributed by atoms with E-state index in [1.165, 1.54) is 0 Å². The molecule has 1 atom stereocenters. The van der Waals surface area contributed by atoms with Crippen LogP contribution in [0.3, 0.4) is 0 Å². The molecule has 0 aromatic heterocycles. The Morgan fingerprint density at radius 3 is 2.18 bits per heavy atom. The van der Waals surface area contributed by atoms with Gasteiger partial charge in [-0.05, 0) is 45.8 Å². The second-order valence-electron chi connectivity index (χ2n) is 3.38. The minimum absolute atomic E-state index is 0. The Balaban J connectivity index is 0.000001000. The number of hydrogen-bond donors (Lipinski definition) is 1. The van der Waals surface area contributed by atoms with E-state index in [4.69, 9.17) is 0 Å². The van der Waals surface area contributed by atoms with E-state index in [-0.39, 0.29) is 18.5 Å². The fraction of sp³-hybridized carbons (Fsp3) is 1.00. The van der Waals surface area contributed by atoms with Crippen LogP contribution in [0.4, 0.5) is 0 Å². The lowest BCUT2D eigenvalue weighted by atomic mass is 9.93. The summed E-state index contributed by atoms with van der Waals surface area (Å²) in [5.74, 6) is 0.552. The maximum atomic E-state index is 9.24. The third kappa shape index (κ3) is 3.41. The highest BCUT2D eigenvalue weighted by Crippen LogP contribution is 2.18. The average molecular weight is 180 g/mol. The van der Waals surface area contributed by atoms with E-state index >= 15 is 0 Å². The highest BCUT2D eigenvalue weighted by molar-refractivity contribution is 5.85. The number of aliphatic hydroxyl groups is 1. The van der Waals surface area contributed by atoms with E-state index in [1.807, 2.05) is 6.92 Å². The summed E-state index contributed by atoms with van der Waals surface area (Å²) in [6, 6.07) is 0. The van der Waals surface area contributed by atoms with Gasteiger partial charge in [0.05, 0.1) is 6.10 Å². The third-order valence-electron chi connectivity index (χ3n) is 2.45. The summed E-state index contributed by atoms with van der Waals surface area (Å²) in [4.78, 5) is 2.32. The molecule has 1 saturated heterocycles. The van der Waals surface area contributed by atoms with E-state index in [9.17, 15) is 5.11 Å². The highest BCUT2D eigenvalue weighted by Gasteiger charge is 2.19. The normalized spacial score (nSPS) is 24.3. The predicted octanol–water partition coefficient (Wildman–Crippen LogP) is 1.13. The molecule has 1 aliphatic heterocycles. The van der Waals surface area contributed by atoms with Gasteiger partial charge in [-0.25, -0.2) is 0 Å². The molecule has 1 N–H and O–H groups in total. The molecule has 3 heteroatoms. The molecule has 1 heterocycles. The first-order chi connectivity index (χ1) is 4.70. The van der Waals surface area contributed by atoms with Gasteiger partial charge in [0.15, 0.2) is 0 Å². The first-order valence-electron chi connectivity index (χ1n) is 4.07. The third-order valence-corrected chi connectivity index (χ3v) is 2.45. The van der Waals surface area contributed by atoms with Crippen molar-refractivity contribution in [2.45, 2.75) is 25.9 Å². The van der Waals surface area contributed by atoms with Crippen molar-refractivity contribution in [2.24, 2.45) is 5.92 Å². The Bertz CT molecular complexity index is 100. The minimum Gasteiger partial charge on any atom is -0.393 e. The molecule has 68 valence electrons. The summed E-state index contributed by atoms with van der Waals surface area (Å²) < 4.78 is 0. The Labute approximate surface area is 75.0 Å². The molecule has 11 heavy (non-hydrogen) atoms. The minimum atomic E-state index is -0.103. The average Bonchev–Trinajstić information content (AvgIpc) is 1.88. The largest absolute Gasteiger partial charge is 0.393 e. The number of halogens is 1.